The largest absolute Gasteiger partial charge is 0.335 e. The van der Waals surface area contributed by atoms with E-state index in [1.54, 1.807) is 15.5 Å². The monoisotopic (exact) mass is 498 g/mol. The molecule has 0 spiro atoms. The Kier molecular flexibility index (Phi) is 7.02. The molecule has 0 bridgehead atoms. The van der Waals surface area contributed by atoms with Crippen LogP contribution in [0.3, 0.4) is 0 Å². The van der Waals surface area contributed by atoms with Gasteiger partial charge < -0.3 is 0 Å². The van der Waals surface area contributed by atoms with Crippen LogP contribution in [0.15, 0.2) is 59.9 Å². The number of nitrogens with zero attached hydrogens (tertiary/aromatic N) is 9. The van der Waals surface area contributed by atoms with Gasteiger partial charge in [-0.2, -0.15) is 0 Å². The summed E-state index contributed by atoms with van der Waals surface area (Å²) in [6.07, 6.45) is 9.15. The highest BCUT2D eigenvalue weighted by molar-refractivity contribution is 5.79. The molecule has 1 unspecified atom stereocenters. The van der Waals surface area contributed by atoms with Crippen LogP contribution in [0.2, 0.25) is 0 Å². The van der Waals surface area contributed by atoms with E-state index in [0.29, 0.717) is 18.3 Å². The Morgan fingerprint density at radius 3 is 2.59 bits per heavy atom. The molecule has 0 radical (unpaired) electrons. The zero-order chi connectivity index (χ0) is 25.8. The Balaban J connectivity index is 1.47. The lowest BCUT2D eigenvalue weighted by Gasteiger charge is -2.12. The van der Waals surface area contributed by atoms with Gasteiger partial charge in [0.1, 0.15) is 6.33 Å². The second kappa shape index (κ2) is 10.7. The van der Waals surface area contributed by atoms with Gasteiger partial charge >= 0.3 is 5.69 Å². The van der Waals surface area contributed by atoms with E-state index in [2.05, 4.69) is 51.6 Å². The molecular weight excluding hydrogens is 468 g/mol. The van der Waals surface area contributed by atoms with Crippen molar-refractivity contribution in [3.8, 4) is 28.5 Å². The van der Waals surface area contributed by atoms with Gasteiger partial charge in [-0.15, -0.1) is 15.3 Å². The SMILES string of the molecule is CCCCc1cn(-c2nncn2C(C)CC)c(=O)n1Cc1ccc(-c2ccccc2-c2nnn[nH]2)cn1. The zero-order valence-corrected chi connectivity index (χ0v) is 21.2. The molecule has 11 nitrogen and oxygen atoms in total. The Bertz CT molecular complexity index is 1510. The number of imidazole rings is 1. The number of H-pyrrole nitrogens is 1. The maximum atomic E-state index is 13.6. The predicted molar refractivity (Wildman–Crippen MR) is 139 cm³/mol. The molecule has 0 fully saturated rings. The van der Waals surface area contributed by atoms with Gasteiger partial charge in [-0.3, -0.25) is 14.1 Å². The molecule has 0 aliphatic rings. The Hall–Kier alpha value is -4.41. The highest BCUT2D eigenvalue weighted by Crippen LogP contribution is 2.29. The summed E-state index contributed by atoms with van der Waals surface area (Å²) in [5, 5.41) is 22.6. The number of hydrogen-bond donors (Lipinski definition) is 1. The van der Waals surface area contributed by atoms with Crippen LogP contribution in [0, 0.1) is 0 Å². The molecule has 4 heterocycles. The smallest absolute Gasteiger partial charge is 0.296 e. The summed E-state index contributed by atoms with van der Waals surface area (Å²) in [5.41, 5.74) is 4.41. The first-order valence-corrected chi connectivity index (χ1v) is 12.6. The van der Waals surface area contributed by atoms with Crippen LogP contribution < -0.4 is 5.69 Å². The molecule has 11 heteroatoms. The maximum Gasteiger partial charge on any atom is 0.335 e. The molecule has 4 aromatic heterocycles. The van der Waals surface area contributed by atoms with Crippen molar-refractivity contribution in [2.75, 3.05) is 0 Å². The molecule has 0 saturated carbocycles. The Morgan fingerprint density at radius 1 is 1.05 bits per heavy atom. The molecular formula is C26H30N10O. The summed E-state index contributed by atoms with van der Waals surface area (Å²) in [6, 6.07) is 12.0. The van der Waals surface area contributed by atoms with Crippen molar-refractivity contribution in [2.24, 2.45) is 0 Å². The molecule has 0 aliphatic carbocycles. The first-order chi connectivity index (χ1) is 18.1. The van der Waals surface area contributed by atoms with E-state index >= 15 is 0 Å². The summed E-state index contributed by atoms with van der Waals surface area (Å²) >= 11 is 0. The molecule has 190 valence electrons. The molecule has 0 aliphatic heterocycles. The van der Waals surface area contributed by atoms with Crippen molar-refractivity contribution in [3.05, 3.63) is 77.0 Å². The van der Waals surface area contributed by atoms with Crippen LogP contribution in [0.5, 0.6) is 0 Å². The lowest BCUT2D eigenvalue weighted by molar-refractivity contribution is 0.516. The van der Waals surface area contributed by atoms with Crippen LogP contribution in [0.4, 0.5) is 0 Å². The van der Waals surface area contributed by atoms with Crippen molar-refractivity contribution in [1.82, 2.24) is 49.5 Å². The third kappa shape index (κ3) is 4.84. The van der Waals surface area contributed by atoms with E-state index in [1.165, 1.54) is 0 Å². The van der Waals surface area contributed by atoms with Crippen molar-refractivity contribution in [3.63, 3.8) is 0 Å². The van der Waals surface area contributed by atoms with E-state index in [-0.39, 0.29) is 11.7 Å². The van der Waals surface area contributed by atoms with Gasteiger partial charge in [0.25, 0.3) is 0 Å². The standard InChI is InChI=1S/C26H30N10O/c1-4-6-9-21-16-35(25-31-28-17-36(25)18(3)5-2)26(37)34(21)15-20-13-12-19(14-27-20)22-10-7-8-11-23(22)24-29-32-33-30-24/h7-8,10-14,16-18H,4-6,9,15H2,1-3H3,(H,29,30,32,33). The highest BCUT2D eigenvalue weighted by atomic mass is 16.2. The molecule has 1 atom stereocenters. The summed E-state index contributed by atoms with van der Waals surface area (Å²) in [4.78, 5) is 18.3. The lowest BCUT2D eigenvalue weighted by atomic mass is 10.0. The lowest BCUT2D eigenvalue weighted by Crippen LogP contribution is -2.27. The van der Waals surface area contributed by atoms with E-state index in [9.17, 15) is 4.79 Å². The second-order valence-electron chi connectivity index (χ2n) is 9.09. The Labute approximate surface area is 214 Å². The summed E-state index contributed by atoms with van der Waals surface area (Å²) in [7, 11) is 0. The number of pyridine rings is 1. The fourth-order valence-electron chi connectivity index (χ4n) is 4.37. The van der Waals surface area contributed by atoms with E-state index in [4.69, 9.17) is 4.98 Å². The summed E-state index contributed by atoms with van der Waals surface area (Å²) in [5.74, 6) is 1.14. The molecule has 1 N–H and O–H groups in total. The van der Waals surface area contributed by atoms with Crippen molar-refractivity contribution in [1.29, 1.82) is 0 Å². The van der Waals surface area contributed by atoms with Crippen molar-refractivity contribution < 1.29 is 0 Å². The minimum absolute atomic E-state index is 0.141. The first-order valence-electron chi connectivity index (χ1n) is 12.6. The molecule has 5 rings (SSSR count). The van der Waals surface area contributed by atoms with Gasteiger partial charge in [0.15, 0.2) is 5.82 Å². The number of aryl methyl sites for hydroxylation is 1. The molecule has 1 aromatic carbocycles. The predicted octanol–water partition coefficient (Wildman–Crippen LogP) is 3.83. The van der Waals surface area contributed by atoms with Crippen LogP contribution in [0.25, 0.3) is 28.5 Å². The quantitative estimate of drug-likeness (QED) is 0.310. The van der Waals surface area contributed by atoms with Crippen LogP contribution >= 0.6 is 0 Å². The second-order valence-corrected chi connectivity index (χ2v) is 9.09. The van der Waals surface area contributed by atoms with Crippen LogP contribution in [0.1, 0.15) is 57.5 Å². The fourth-order valence-corrected chi connectivity index (χ4v) is 4.37. The Morgan fingerprint density at radius 2 is 1.89 bits per heavy atom. The van der Waals surface area contributed by atoms with Gasteiger partial charge in [-0.25, -0.2) is 14.5 Å². The fraction of sp³-hybridized carbons (Fsp3) is 0.346. The van der Waals surface area contributed by atoms with Crippen LogP contribution in [-0.4, -0.2) is 49.5 Å². The maximum absolute atomic E-state index is 13.6. The minimum atomic E-state index is -0.141. The van der Waals surface area contributed by atoms with E-state index in [1.807, 2.05) is 53.4 Å². The van der Waals surface area contributed by atoms with Crippen molar-refractivity contribution in [2.45, 2.75) is 59.0 Å². The van der Waals surface area contributed by atoms with Crippen LogP contribution in [-0.2, 0) is 13.0 Å². The third-order valence-corrected chi connectivity index (χ3v) is 6.67. The number of tetrazole rings is 1. The number of benzene rings is 1. The normalized spacial score (nSPS) is 12.2. The summed E-state index contributed by atoms with van der Waals surface area (Å²) < 4.78 is 5.35. The number of hydrogen-bond acceptors (Lipinski definition) is 7. The first kappa shape index (κ1) is 24.3. The van der Waals surface area contributed by atoms with Gasteiger partial charge in [0.2, 0.25) is 5.95 Å². The average Bonchev–Trinajstić information content (AvgIpc) is 3.69. The van der Waals surface area contributed by atoms with Gasteiger partial charge in [-0.1, -0.05) is 50.6 Å². The number of aromatic amines is 1. The molecule has 37 heavy (non-hydrogen) atoms. The molecule has 5 aromatic rings. The van der Waals surface area contributed by atoms with Gasteiger partial charge in [0, 0.05) is 35.3 Å². The number of aromatic nitrogens is 10. The number of rotatable bonds is 10. The topological polar surface area (TPSA) is 125 Å². The minimum Gasteiger partial charge on any atom is -0.296 e. The van der Waals surface area contributed by atoms with Gasteiger partial charge in [-0.05, 0) is 48.2 Å². The van der Waals surface area contributed by atoms with E-state index in [0.717, 1.165) is 53.8 Å². The molecule has 0 amide bonds. The number of unbranched alkanes of at least 4 members (excludes halogenated alkanes) is 1. The molecule has 0 saturated heterocycles. The van der Waals surface area contributed by atoms with Gasteiger partial charge in [0.05, 0.1) is 12.2 Å². The third-order valence-electron chi connectivity index (χ3n) is 6.67. The average molecular weight is 499 g/mol. The van der Waals surface area contributed by atoms with Crippen molar-refractivity contribution >= 4 is 0 Å². The summed E-state index contributed by atoms with van der Waals surface area (Å²) in [6.45, 7) is 6.71. The highest BCUT2D eigenvalue weighted by Gasteiger charge is 2.19. The zero-order valence-electron chi connectivity index (χ0n) is 21.2. The van der Waals surface area contributed by atoms with E-state index < -0.39 is 0 Å². The number of nitrogens with one attached hydrogen (secondary N) is 1.